The summed E-state index contributed by atoms with van der Waals surface area (Å²) in [6.45, 7) is 2.77. The van der Waals surface area contributed by atoms with E-state index >= 15 is 0 Å². The molecule has 5 heteroatoms. The molecule has 5 nitrogen and oxygen atoms in total. The average Bonchev–Trinajstić information content (AvgIpc) is 2.72. The van der Waals surface area contributed by atoms with Crippen LogP contribution < -0.4 is 19.5 Å². The fourth-order valence-corrected chi connectivity index (χ4v) is 2.87. The lowest BCUT2D eigenvalue weighted by atomic mass is 10.0. The van der Waals surface area contributed by atoms with Gasteiger partial charge in [-0.1, -0.05) is 17.7 Å². The molecular weight excluding hydrogens is 340 g/mol. The molecule has 0 fully saturated rings. The highest BCUT2D eigenvalue weighted by Gasteiger charge is 2.14. The van der Waals surface area contributed by atoms with Crippen LogP contribution in [0.2, 0.25) is 0 Å². The molecule has 0 aliphatic rings. The number of hydrogen-bond acceptors (Lipinski definition) is 5. The first-order valence-corrected chi connectivity index (χ1v) is 8.69. The van der Waals surface area contributed by atoms with Gasteiger partial charge in [-0.25, -0.2) is 0 Å². The van der Waals surface area contributed by atoms with Gasteiger partial charge in [0.2, 0.25) is 5.75 Å². The van der Waals surface area contributed by atoms with E-state index < -0.39 is 0 Å². The lowest BCUT2D eigenvalue weighted by Crippen LogP contribution is -2.00. The van der Waals surface area contributed by atoms with E-state index in [9.17, 15) is 0 Å². The number of nitrogens with one attached hydrogen (secondary N) is 1. The van der Waals surface area contributed by atoms with Gasteiger partial charge in [-0.15, -0.1) is 0 Å². The fourth-order valence-electron chi connectivity index (χ4n) is 2.87. The number of ether oxygens (including phenoxy) is 3. The van der Waals surface area contributed by atoms with Crippen molar-refractivity contribution in [3.05, 3.63) is 66.0 Å². The Hall–Kier alpha value is -3.21. The number of aromatic nitrogens is 1. The largest absolute Gasteiger partial charge is 0.493 e. The third-order valence-corrected chi connectivity index (χ3v) is 4.34. The Labute approximate surface area is 159 Å². The molecule has 3 rings (SSSR count). The summed E-state index contributed by atoms with van der Waals surface area (Å²) < 4.78 is 16.3. The van der Waals surface area contributed by atoms with E-state index in [-0.39, 0.29) is 0 Å². The summed E-state index contributed by atoms with van der Waals surface area (Å²) in [5, 5.41) is 3.42. The van der Waals surface area contributed by atoms with E-state index in [0.717, 1.165) is 22.4 Å². The Balaban J connectivity index is 1.85. The second kappa shape index (κ2) is 8.45. The molecule has 27 heavy (non-hydrogen) atoms. The monoisotopic (exact) mass is 364 g/mol. The summed E-state index contributed by atoms with van der Waals surface area (Å²) in [6.07, 6.45) is 3.69. The summed E-state index contributed by atoms with van der Waals surface area (Å²) in [4.78, 5) is 4.39. The van der Waals surface area contributed by atoms with Crippen molar-refractivity contribution in [3.8, 4) is 28.4 Å². The molecule has 0 aliphatic heterocycles. The molecule has 1 aromatic heterocycles. The van der Waals surface area contributed by atoms with E-state index in [4.69, 9.17) is 14.2 Å². The second-order valence-corrected chi connectivity index (χ2v) is 6.22. The van der Waals surface area contributed by atoms with E-state index in [2.05, 4.69) is 47.6 Å². The molecule has 0 aliphatic carbocycles. The minimum atomic E-state index is 0.578. The third-order valence-electron chi connectivity index (χ3n) is 4.34. The summed E-state index contributed by atoms with van der Waals surface area (Å²) in [6, 6.07) is 14.3. The zero-order valence-corrected chi connectivity index (χ0v) is 16.1. The van der Waals surface area contributed by atoms with Gasteiger partial charge in [-0.2, -0.15) is 0 Å². The molecule has 3 aromatic rings. The van der Waals surface area contributed by atoms with Gasteiger partial charge in [0.15, 0.2) is 11.5 Å². The predicted octanol–water partition coefficient (Wildman–Crippen LogP) is 4.69. The maximum absolute atomic E-state index is 5.45. The van der Waals surface area contributed by atoms with Crippen LogP contribution >= 0.6 is 0 Å². The zero-order chi connectivity index (χ0) is 19.2. The van der Waals surface area contributed by atoms with Gasteiger partial charge >= 0.3 is 0 Å². The molecule has 0 unspecified atom stereocenters. The minimum Gasteiger partial charge on any atom is -0.493 e. The summed E-state index contributed by atoms with van der Waals surface area (Å²) >= 11 is 0. The van der Waals surface area contributed by atoms with E-state index in [1.54, 1.807) is 21.3 Å². The Morgan fingerprint density at radius 1 is 0.815 bits per heavy atom. The van der Waals surface area contributed by atoms with Gasteiger partial charge in [0, 0.05) is 30.2 Å². The van der Waals surface area contributed by atoms with Crippen molar-refractivity contribution in [1.29, 1.82) is 0 Å². The highest BCUT2D eigenvalue weighted by atomic mass is 16.5. The molecule has 1 N–H and O–H groups in total. The maximum atomic E-state index is 5.45. The molecule has 0 amide bonds. The van der Waals surface area contributed by atoms with Crippen LogP contribution in [0.3, 0.4) is 0 Å². The number of nitrogens with zero attached hydrogens (tertiary/aromatic N) is 1. The van der Waals surface area contributed by atoms with Crippen molar-refractivity contribution >= 4 is 5.69 Å². The van der Waals surface area contributed by atoms with Crippen LogP contribution in [0.1, 0.15) is 11.1 Å². The van der Waals surface area contributed by atoms with Gasteiger partial charge in [0.25, 0.3) is 0 Å². The Morgan fingerprint density at radius 2 is 1.48 bits per heavy atom. The van der Waals surface area contributed by atoms with Crippen LogP contribution in [0.5, 0.6) is 17.2 Å². The molecule has 2 aromatic carbocycles. The van der Waals surface area contributed by atoms with Gasteiger partial charge in [0.05, 0.1) is 21.3 Å². The molecule has 0 saturated heterocycles. The number of rotatable bonds is 7. The molecular formula is C22H24N2O3. The van der Waals surface area contributed by atoms with Crippen LogP contribution in [0.25, 0.3) is 11.1 Å². The Morgan fingerprint density at radius 3 is 2.07 bits per heavy atom. The first-order chi connectivity index (χ1) is 13.1. The smallest absolute Gasteiger partial charge is 0.203 e. The topological polar surface area (TPSA) is 52.6 Å². The minimum absolute atomic E-state index is 0.578. The second-order valence-electron chi connectivity index (χ2n) is 6.22. The van der Waals surface area contributed by atoms with Crippen molar-refractivity contribution < 1.29 is 14.2 Å². The van der Waals surface area contributed by atoms with Crippen LogP contribution in [-0.4, -0.2) is 26.3 Å². The molecule has 0 bridgehead atoms. The molecule has 0 spiro atoms. The maximum Gasteiger partial charge on any atom is 0.203 e. The number of benzene rings is 2. The van der Waals surface area contributed by atoms with Crippen molar-refractivity contribution in [2.45, 2.75) is 13.5 Å². The number of methoxy groups -OCH3 is 3. The fraction of sp³-hybridized carbons (Fsp3) is 0.227. The first kappa shape index (κ1) is 18.6. The standard InChI is InChI=1S/C22H24N2O3/c1-15-5-7-19(8-6-15)24-13-16-9-18(14-23-12-16)17-10-20(25-2)22(27-4)21(11-17)26-3/h5-12,14,24H,13H2,1-4H3. The normalized spacial score (nSPS) is 10.4. The van der Waals surface area contributed by atoms with Crippen LogP contribution in [-0.2, 0) is 6.54 Å². The van der Waals surface area contributed by atoms with Crippen LogP contribution in [0.4, 0.5) is 5.69 Å². The first-order valence-electron chi connectivity index (χ1n) is 8.69. The number of aryl methyl sites for hydroxylation is 1. The zero-order valence-electron chi connectivity index (χ0n) is 16.1. The molecule has 0 atom stereocenters. The SMILES string of the molecule is COc1cc(-c2cncc(CNc3ccc(C)cc3)c2)cc(OC)c1OC. The summed E-state index contributed by atoms with van der Waals surface area (Å²) in [5.41, 5.74) is 5.35. The van der Waals surface area contributed by atoms with Crippen molar-refractivity contribution in [1.82, 2.24) is 4.98 Å². The number of pyridine rings is 1. The van der Waals surface area contributed by atoms with Crippen molar-refractivity contribution in [3.63, 3.8) is 0 Å². The highest BCUT2D eigenvalue weighted by Crippen LogP contribution is 2.41. The average molecular weight is 364 g/mol. The number of hydrogen-bond donors (Lipinski definition) is 1. The predicted molar refractivity (Wildman–Crippen MR) is 108 cm³/mol. The van der Waals surface area contributed by atoms with Gasteiger partial charge in [-0.3, -0.25) is 4.98 Å². The van der Waals surface area contributed by atoms with Gasteiger partial charge in [0.1, 0.15) is 0 Å². The molecule has 0 radical (unpaired) electrons. The molecule has 140 valence electrons. The number of anilines is 1. The van der Waals surface area contributed by atoms with Crippen molar-refractivity contribution in [2.75, 3.05) is 26.6 Å². The lowest BCUT2D eigenvalue weighted by Gasteiger charge is -2.14. The van der Waals surface area contributed by atoms with E-state index in [0.29, 0.717) is 23.8 Å². The Bertz CT molecular complexity index is 883. The van der Waals surface area contributed by atoms with E-state index in [1.165, 1.54) is 5.56 Å². The van der Waals surface area contributed by atoms with Gasteiger partial charge in [-0.05, 0) is 48.4 Å². The van der Waals surface area contributed by atoms with Crippen LogP contribution in [0.15, 0.2) is 54.9 Å². The molecule has 0 saturated carbocycles. The van der Waals surface area contributed by atoms with Crippen LogP contribution in [0, 0.1) is 6.92 Å². The quantitative estimate of drug-likeness (QED) is 0.659. The summed E-state index contributed by atoms with van der Waals surface area (Å²) in [7, 11) is 4.82. The van der Waals surface area contributed by atoms with Crippen molar-refractivity contribution in [2.24, 2.45) is 0 Å². The highest BCUT2D eigenvalue weighted by molar-refractivity contribution is 5.71. The third kappa shape index (κ3) is 4.31. The molecule has 1 heterocycles. The lowest BCUT2D eigenvalue weighted by molar-refractivity contribution is 0.324. The summed E-state index contributed by atoms with van der Waals surface area (Å²) in [5.74, 6) is 1.82. The Kier molecular flexibility index (Phi) is 5.81. The van der Waals surface area contributed by atoms with E-state index in [1.807, 2.05) is 24.5 Å². The van der Waals surface area contributed by atoms with Gasteiger partial charge < -0.3 is 19.5 Å².